The SMILES string of the molecule is Cc1cccc(NC(=O)C2CCCN(c3ccnc(Cl)c3)C2)n1. The first-order valence-electron chi connectivity index (χ1n) is 7.73. The Labute approximate surface area is 140 Å². The molecule has 0 bridgehead atoms. The Balaban J connectivity index is 1.67. The second-order valence-electron chi connectivity index (χ2n) is 5.78. The molecule has 0 spiro atoms. The minimum atomic E-state index is -0.0574. The number of rotatable bonds is 3. The molecule has 1 saturated heterocycles. The lowest BCUT2D eigenvalue weighted by Crippen LogP contribution is -2.40. The maximum absolute atomic E-state index is 12.5. The van der Waals surface area contributed by atoms with Gasteiger partial charge in [-0.3, -0.25) is 4.79 Å². The van der Waals surface area contributed by atoms with Crippen molar-refractivity contribution in [2.75, 3.05) is 23.3 Å². The van der Waals surface area contributed by atoms with Gasteiger partial charge < -0.3 is 10.2 Å². The van der Waals surface area contributed by atoms with Gasteiger partial charge >= 0.3 is 0 Å². The van der Waals surface area contributed by atoms with E-state index in [9.17, 15) is 4.79 Å². The van der Waals surface area contributed by atoms with Gasteiger partial charge in [-0.1, -0.05) is 17.7 Å². The van der Waals surface area contributed by atoms with Crippen molar-refractivity contribution in [3.05, 3.63) is 47.4 Å². The summed E-state index contributed by atoms with van der Waals surface area (Å²) in [5.41, 5.74) is 1.90. The Hall–Kier alpha value is -2.14. The molecule has 0 aromatic carbocycles. The molecule has 1 aliphatic heterocycles. The molecular formula is C17H19ClN4O. The number of halogens is 1. The molecule has 0 radical (unpaired) electrons. The van der Waals surface area contributed by atoms with Gasteiger partial charge in [-0.25, -0.2) is 9.97 Å². The summed E-state index contributed by atoms with van der Waals surface area (Å²) < 4.78 is 0. The molecule has 6 heteroatoms. The summed E-state index contributed by atoms with van der Waals surface area (Å²) in [5, 5.41) is 3.39. The molecular weight excluding hydrogens is 312 g/mol. The number of amides is 1. The van der Waals surface area contributed by atoms with Crippen molar-refractivity contribution in [2.45, 2.75) is 19.8 Å². The van der Waals surface area contributed by atoms with Crippen LogP contribution in [0.15, 0.2) is 36.5 Å². The first kappa shape index (κ1) is 15.7. The third-order valence-corrected chi connectivity index (χ3v) is 4.21. The quantitative estimate of drug-likeness (QED) is 0.877. The van der Waals surface area contributed by atoms with Crippen LogP contribution in [0.1, 0.15) is 18.5 Å². The maximum atomic E-state index is 12.5. The van der Waals surface area contributed by atoms with E-state index in [1.54, 1.807) is 6.20 Å². The first-order valence-corrected chi connectivity index (χ1v) is 8.10. The van der Waals surface area contributed by atoms with Gasteiger partial charge in [0.2, 0.25) is 5.91 Å². The summed E-state index contributed by atoms with van der Waals surface area (Å²) in [6.07, 6.45) is 3.55. The van der Waals surface area contributed by atoms with E-state index >= 15 is 0 Å². The number of nitrogens with one attached hydrogen (secondary N) is 1. The van der Waals surface area contributed by atoms with E-state index in [1.165, 1.54) is 0 Å². The number of hydrogen-bond acceptors (Lipinski definition) is 4. The predicted molar refractivity (Wildman–Crippen MR) is 91.8 cm³/mol. The number of piperidine rings is 1. The molecule has 1 fully saturated rings. The second kappa shape index (κ2) is 6.96. The fourth-order valence-corrected chi connectivity index (χ4v) is 3.02. The molecule has 5 nitrogen and oxygen atoms in total. The smallest absolute Gasteiger partial charge is 0.230 e. The highest BCUT2D eigenvalue weighted by Gasteiger charge is 2.26. The Kier molecular flexibility index (Phi) is 4.76. The van der Waals surface area contributed by atoms with Crippen LogP contribution >= 0.6 is 11.6 Å². The van der Waals surface area contributed by atoms with Gasteiger partial charge in [0.15, 0.2) is 0 Å². The van der Waals surface area contributed by atoms with Crippen LogP contribution in [-0.4, -0.2) is 29.0 Å². The lowest BCUT2D eigenvalue weighted by Gasteiger charge is -2.33. The van der Waals surface area contributed by atoms with Crippen molar-refractivity contribution < 1.29 is 4.79 Å². The molecule has 0 saturated carbocycles. The van der Waals surface area contributed by atoms with Crippen LogP contribution in [0.5, 0.6) is 0 Å². The Morgan fingerprint density at radius 3 is 3.04 bits per heavy atom. The first-order chi connectivity index (χ1) is 11.1. The van der Waals surface area contributed by atoms with Crippen molar-refractivity contribution in [3.63, 3.8) is 0 Å². The van der Waals surface area contributed by atoms with Gasteiger partial charge in [0.1, 0.15) is 11.0 Å². The lowest BCUT2D eigenvalue weighted by atomic mass is 9.96. The largest absolute Gasteiger partial charge is 0.371 e. The minimum absolute atomic E-state index is 0.0213. The van der Waals surface area contributed by atoms with E-state index in [1.807, 2.05) is 37.3 Å². The van der Waals surface area contributed by atoms with Gasteiger partial charge in [0, 0.05) is 30.7 Å². The van der Waals surface area contributed by atoms with E-state index in [0.29, 0.717) is 17.5 Å². The fourth-order valence-electron chi connectivity index (χ4n) is 2.86. The van der Waals surface area contributed by atoms with E-state index in [4.69, 9.17) is 11.6 Å². The standard InChI is InChI=1S/C17H19ClN4O/c1-12-4-2-6-16(20-12)21-17(23)13-5-3-9-22(11-13)14-7-8-19-15(18)10-14/h2,4,6-8,10,13H,3,5,9,11H2,1H3,(H,20,21,23). The molecule has 3 heterocycles. The molecule has 1 N–H and O–H groups in total. The molecule has 1 aliphatic rings. The second-order valence-corrected chi connectivity index (χ2v) is 6.16. The zero-order valence-corrected chi connectivity index (χ0v) is 13.8. The number of aromatic nitrogens is 2. The highest BCUT2D eigenvalue weighted by atomic mass is 35.5. The number of carbonyl (C=O) groups is 1. The van der Waals surface area contributed by atoms with Gasteiger partial charge in [0.25, 0.3) is 0 Å². The summed E-state index contributed by atoms with van der Waals surface area (Å²) in [7, 11) is 0. The Morgan fingerprint density at radius 2 is 2.26 bits per heavy atom. The van der Waals surface area contributed by atoms with E-state index < -0.39 is 0 Å². The Morgan fingerprint density at radius 1 is 1.39 bits per heavy atom. The number of hydrogen-bond donors (Lipinski definition) is 1. The average molecular weight is 331 g/mol. The molecule has 1 atom stereocenters. The third-order valence-electron chi connectivity index (χ3n) is 4.01. The number of pyridine rings is 2. The van der Waals surface area contributed by atoms with E-state index in [-0.39, 0.29) is 11.8 Å². The van der Waals surface area contributed by atoms with E-state index in [0.717, 1.165) is 30.8 Å². The lowest BCUT2D eigenvalue weighted by molar-refractivity contribution is -0.120. The monoisotopic (exact) mass is 330 g/mol. The summed E-state index contributed by atoms with van der Waals surface area (Å²) >= 11 is 5.96. The van der Waals surface area contributed by atoms with Crippen molar-refractivity contribution in [3.8, 4) is 0 Å². The van der Waals surface area contributed by atoms with Crippen LogP contribution in [0.25, 0.3) is 0 Å². The van der Waals surface area contributed by atoms with Crippen LogP contribution in [0.3, 0.4) is 0 Å². The summed E-state index contributed by atoms with van der Waals surface area (Å²) in [4.78, 5) is 23.0. The average Bonchev–Trinajstić information content (AvgIpc) is 2.55. The molecule has 1 amide bonds. The fraction of sp³-hybridized carbons (Fsp3) is 0.353. The highest BCUT2D eigenvalue weighted by molar-refractivity contribution is 6.29. The molecule has 120 valence electrons. The number of anilines is 2. The number of nitrogens with zero attached hydrogens (tertiary/aromatic N) is 3. The third kappa shape index (κ3) is 3.99. The van der Waals surface area contributed by atoms with Gasteiger partial charge in [0.05, 0.1) is 5.92 Å². The predicted octanol–water partition coefficient (Wildman–Crippen LogP) is 3.29. The molecule has 2 aromatic rings. The van der Waals surface area contributed by atoms with Crippen LogP contribution in [-0.2, 0) is 4.79 Å². The van der Waals surface area contributed by atoms with Crippen molar-refractivity contribution in [1.29, 1.82) is 0 Å². The number of carbonyl (C=O) groups excluding carboxylic acids is 1. The van der Waals surface area contributed by atoms with Gasteiger partial charge in [-0.2, -0.15) is 0 Å². The molecule has 1 unspecified atom stereocenters. The topological polar surface area (TPSA) is 58.1 Å². The molecule has 0 aliphatic carbocycles. The van der Waals surface area contributed by atoms with Crippen LogP contribution in [0.4, 0.5) is 11.5 Å². The van der Waals surface area contributed by atoms with Crippen LogP contribution in [0.2, 0.25) is 5.15 Å². The molecule has 2 aromatic heterocycles. The van der Waals surface area contributed by atoms with Gasteiger partial charge in [-0.15, -0.1) is 0 Å². The maximum Gasteiger partial charge on any atom is 0.230 e. The van der Waals surface area contributed by atoms with Crippen molar-refractivity contribution in [2.24, 2.45) is 5.92 Å². The van der Waals surface area contributed by atoms with E-state index in [2.05, 4.69) is 20.2 Å². The highest BCUT2D eigenvalue weighted by Crippen LogP contribution is 2.25. The summed E-state index contributed by atoms with van der Waals surface area (Å²) in [6.45, 7) is 3.51. The van der Waals surface area contributed by atoms with Crippen LogP contribution in [0, 0.1) is 12.8 Å². The zero-order valence-electron chi connectivity index (χ0n) is 13.0. The summed E-state index contributed by atoms with van der Waals surface area (Å²) in [5.74, 6) is 0.574. The van der Waals surface area contributed by atoms with Gasteiger partial charge in [-0.05, 0) is 44.0 Å². The molecule has 23 heavy (non-hydrogen) atoms. The van der Waals surface area contributed by atoms with Crippen molar-refractivity contribution in [1.82, 2.24) is 9.97 Å². The normalized spacial score (nSPS) is 17.8. The zero-order chi connectivity index (χ0) is 16.2. The summed E-state index contributed by atoms with van der Waals surface area (Å²) in [6, 6.07) is 9.38. The minimum Gasteiger partial charge on any atom is -0.371 e. The number of aryl methyl sites for hydroxylation is 1. The Bertz CT molecular complexity index is 706. The van der Waals surface area contributed by atoms with Crippen LogP contribution < -0.4 is 10.2 Å². The van der Waals surface area contributed by atoms with Crippen molar-refractivity contribution >= 4 is 29.0 Å². The molecule has 3 rings (SSSR count).